The monoisotopic (exact) mass is 488 g/mol. The van der Waals surface area contributed by atoms with Crippen molar-refractivity contribution in [1.82, 2.24) is 0 Å². The van der Waals surface area contributed by atoms with Gasteiger partial charge >= 0.3 is 0 Å². The number of carbonyl (C=O) groups excluding carboxylic acids is 1. The lowest BCUT2D eigenvalue weighted by molar-refractivity contribution is -0.118. The van der Waals surface area contributed by atoms with Gasteiger partial charge in [0.25, 0.3) is 0 Å². The number of amides is 1. The van der Waals surface area contributed by atoms with Crippen LogP contribution >= 0.6 is 27.7 Å². The normalized spacial score (nSPS) is 28.2. The third-order valence-corrected chi connectivity index (χ3v) is 9.40. The summed E-state index contributed by atoms with van der Waals surface area (Å²) in [5.41, 5.74) is 0.266. The summed E-state index contributed by atoms with van der Waals surface area (Å²) in [5, 5.41) is 0.192. The maximum Gasteiger partial charge on any atom is 0.248 e. The van der Waals surface area contributed by atoms with Crippen molar-refractivity contribution >= 4 is 54.3 Å². The molecule has 0 N–H and O–H groups in total. The number of rotatable bonds is 4. The molecule has 0 spiro atoms. The molecule has 152 valence electrons. The number of nitrogens with zero attached hydrogens (tertiary/aromatic N) is 2. The van der Waals surface area contributed by atoms with E-state index >= 15 is 0 Å². The second-order valence-corrected chi connectivity index (χ2v) is 12.0. The molecule has 0 unspecified atom stereocenters. The van der Waals surface area contributed by atoms with Crippen LogP contribution in [0.1, 0.15) is 38.5 Å². The first kappa shape index (κ1) is 20.3. The lowest BCUT2D eigenvalue weighted by Crippen LogP contribution is -2.38. The zero-order chi connectivity index (χ0) is 19.9. The number of anilines is 1. The predicted molar refractivity (Wildman–Crippen MR) is 114 cm³/mol. The van der Waals surface area contributed by atoms with E-state index in [0.29, 0.717) is 22.0 Å². The van der Waals surface area contributed by atoms with Gasteiger partial charge in [0.15, 0.2) is 15.0 Å². The Morgan fingerprint density at radius 1 is 1.29 bits per heavy atom. The SMILES string of the molecule is O=C(CCC1CCCC1)N=C1S[C@H]2CS(=O)(=O)C[C@H]2N1c1ccc(Br)cc1F. The summed E-state index contributed by atoms with van der Waals surface area (Å²) in [6, 6.07) is 4.26. The number of carbonyl (C=O) groups is 1. The van der Waals surface area contributed by atoms with Gasteiger partial charge in [0, 0.05) is 16.1 Å². The lowest BCUT2D eigenvalue weighted by atomic mass is 10.0. The summed E-state index contributed by atoms with van der Waals surface area (Å²) in [6.45, 7) is 0. The van der Waals surface area contributed by atoms with Crippen LogP contribution in [0, 0.1) is 11.7 Å². The first-order chi connectivity index (χ1) is 13.3. The van der Waals surface area contributed by atoms with Crippen LogP contribution in [0.3, 0.4) is 0 Å². The predicted octanol–water partition coefficient (Wildman–Crippen LogP) is 4.16. The number of sulfone groups is 1. The summed E-state index contributed by atoms with van der Waals surface area (Å²) in [4.78, 5) is 18.4. The Morgan fingerprint density at radius 3 is 2.75 bits per heavy atom. The summed E-state index contributed by atoms with van der Waals surface area (Å²) in [5.74, 6) is -0.0856. The van der Waals surface area contributed by atoms with E-state index in [0.717, 1.165) is 6.42 Å². The Morgan fingerprint density at radius 2 is 2.04 bits per heavy atom. The van der Waals surface area contributed by atoms with E-state index in [4.69, 9.17) is 0 Å². The third-order valence-electron chi connectivity index (χ3n) is 5.70. The second kappa shape index (κ2) is 8.07. The van der Waals surface area contributed by atoms with Gasteiger partial charge in [0.2, 0.25) is 5.91 Å². The zero-order valence-electron chi connectivity index (χ0n) is 15.3. The molecule has 3 aliphatic rings. The van der Waals surface area contributed by atoms with E-state index in [1.54, 1.807) is 17.0 Å². The number of aliphatic imine (C=N–C) groups is 1. The van der Waals surface area contributed by atoms with Crippen LogP contribution < -0.4 is 4.90 Å². The fourth-order valence-electron chi connectivity index (χ4n) is 4.31. The maximum absolute atomic E-state index is 14.6. The number of benzene rings is 1. The molecule has 9 heteroatoms. The van der Waals surface area contributed by atoms with Crippen LogP contribution in [0.2, 0.25) is 0 Å². The molecule has 1 aromatic carbocycles. The number of amidine groups is 1. The van der Waals surface area contributed by atoms with E-state index in [-0.39, 0.29) is 28.4 Å². The summed E-state index contributed by atoms with van der Waals surface area (Å²) in [7, 11) is -3.17. The molecule has 5 nitrogen and oxygen atoms in total. The standard InChI is InChI=1S/C19H22BrFN2O3S2/c20-13-6-7-15(14(21)9-13)23-16-10-28(25,26)11-17(16)27-19(23)22-18(24)8-5-12-3-1-2-4-12/h6-7,9,12,16-17H,1-5,8,10-11H2/t16-,17+/m1/s1. The Balaban J connectivity index is 1.58. The van der Waals surface area contributed by atoms with E-state index in [9.17, 15) is 17.6 Å². The molecule has 0 radical (unpaired) electrons. The summed E-state index contributed by atoms with van der Waals surface area (Å²) < 4.78 is 39.4. The molecule has 3 fully saturated rings. The molecule has 2 heterocycles. The molecular weight excluding hydrogens is 467 g/mol. The number of thioether (sulfide) groups is 1. The quantitative estimate of drug-likeness (QED) is 0.636. The minimum absolute atomic E-state index is 0.0340. The minimum atomic E-state index is -3.17. The van der Waals surface area contributed by atoms with Crippen LogP contribution in [0.15, 0.2) is 27.7 Å². The van der Waals surface area contributed by atoms with Crippen molar-refractivity contribution in [2.24, 2.45) is 10.9 Å². The zero-order valence-corrected chi connectivity index (χ0v) is 18.5. The van der Waals surface area contributed by atoms with Gasteiger partial charge in [-0.25, -0.2) is 12.8 Å². The first-order valence-electron chi connectivity index (χ1n) is 9.55. The highest BCUT2D eigenvalue weighted by Gasteiger charge is 2.50. The molecule has 4 rings (SSSR count). The average Bonchev–Trinajstić information content (AvgIpc) is 3.29. The molecule has 1 amide bonds. The van der Waals surface area contributed by atoms with E-state index in [2.05, 4.69) is 20.9 Å². The molecule has 28 heavy (non-hydrogen) atoms. The molecule has 0 bridgehead atoms. The van der Waals surface area contributed by atoms with Crippen molar-refractivity contribution in [1.29, 1.82) is 0 Å². The first-order valence-corrected chi connectivity index (χ1v) is 13.0. The van der Waals surface area contributed by atoms with Gasteiger partial charge in [0.05, 0.1) is 23.2 Å². The molecule has 1 aliphatic carbocycles. The molecule has 0 aromatic heterocycles. The average molecular weight is 489 g/mol. The largest absolute Gasteiger partial charge is 0.313 e. The highest BCUT2D eigenvalue weighted by molar-refractivity contribution is 9.10. The van der Waals surface area contributed by atoms with Crippen molar-refractivity contribution in [2.45, 2.75) is 49.8 Å². The van der Waals surface area contributed by atoms with Crippen LogP contribution in [0.5, 0.6) is 0 Å². The fourth-order valence-corrected chi connectivity index (χ4v) is 8.57. The molecule has 2 aliphatic heterocycles. The highest BCUT2D eigenvalue weighted by Crippen LogP contribution is 2.42. The van der Waals surface area contributed by atoms with Crippen LogP contribution in [0.4, 0.5) is 10.1 Å². The Hall–Kier alpha value is -0.930. The summed E-state index contributed by atoms with van der Waals surface area (Å²) in [6.07, 6.45) is 6.05. The summed E-state index contributed by atoms with van der Waals surface area (Å²) >= 11 is 4.53. The van der Waals surface area contributed by atoms with Gasteiger partial charge in [-0.05, 0) is 30.5 Å². The fraction of sp³-hybridized carbons (Fsp3) is 0.579. The smallest absolute Gasteiger partial charge is 0.248 e. The number of hydrogen-bond donors (Lipinski definition) is 0. The van der Waals surface area contributed by atoms with Crippen molar-refractivity contribution in [3.05, 3.63) is 28.5 Å². The molecule has 2 atom stereocenters. The highest BCUT2D eigenvalue weighted by atomic mass is 79.9. The Kier molecular flexibility index (Phi) is 5.86. The van der Waals surface area contributed by atoms with Crippen molar-refractivity contribution in [3.63, 3.8) is 0 Å². The van der Waals surface area contributed by atoms with Gasteiger partial charge in [-0.1, -0.05) is 53.4 Å². The van der Waals surface area contributed by atoms with Gasteiger partial charge in [-0.2, -0.15) is 4.99 Å². The third kappa shape index (κ3) is 4.31. The van der Waals surface area contributed by atoms with Crippen molar-refractivity contribution in [3.8, 4) is 0 Å². The van der Waals surface area contributed by atoms with E-state index < -0.39 is 21.7 Å². The lowest BCUT2D eigenvalue weighted by Gasteiger charge is -2.25. The second-order valence-electron chi connectivity index (χ2n) is 7.74. The van der Waals surface area contributed by atoms with E-state index in [1.807, 2.05) is 0 Å². The molecule has 2 saturated heterocycles. The minimum Gasteiger partial charge on any atom is -0.313 e. The van der Waals surface area contributed by atoms with Gasteiger partial charge in [-0.3, -0.25) is 4.79 Å². The van der Waals surface area contributed by atoms with Gasteiger partial charge in [0.1, 0.15) is 5.82 Å². The topological polar surface area (TPSA) is 66.8 Å². The van der Waals surface area contributed by atoms with Crippen LogP contribution in [-0.4, -0.2) is 42.3 Å². The molecule has 1 aromatic rings. The Bertz CT molecular complexity index is 916. The van der Waals surface area contributed by atoms with Gasteiger partial charge in [-0.15, -0.1) is 0 Å². The van der Waals surface area contributed by atoms with Crippen molar-refractivity contribution in [2.75, 3.05) is 16.4 Å². The molecule has 1 saturated carbocycles. The van der Waals surface area contributed by atoms with Crippen LogP contribution in [0.25, 0.3) is 0 Å². The van der Waals surface area contributed by atoms with Gasteiger partial charge < -0.3 is 4.90 Å². The van der Waals surface area contributed by atoms with Crippen LogP contribution in [-0.2, 0) is 14.6 Å². The van der Waals surface area contributed by atoms with Crippen molar-refractivity contribution < 1.29 is 17.6 Å². The number of fused-ring (bicyclic) bond motifs is 1. The Labute approximate surface area is 177 Å². The number of halogens is 2. The molecular formula is C19H22BrFN2O3S2. The maximum atomic E-state index is 14.6. The van der Waals surface area contributed by atoms with E-state index in [1.165, 1.54) is 43.5 Å². The number of hydrogen-bond acceptors (Lipinski definition) is 4.